The van der Waals surface area contributed by atoms with Gasteiger partial charge < -0.3 is 4.90 Å². The van der Waals surface area contributed by atoms with E-state index in [-0.39, 0.29) is 17.6 Å². The van der Waals surface area contributed by atoms with Gasteiger partial charge >= 0.3 is 0 Å². The van der Waals surface area contributed by atoms with Gasteiger partial charge in [-0.3, -0.25) is 14.9 Å². The Bertz CT molecular complexity index is 1250. The SMILES string of the molecule is C[C@H](c1cccc([N+](=O)[O-])c1)N(C)C(=O)c1ccc(Cn2nnc3ccccc32)cc1. The summed E-state index contributed by atoms with van der Waals surface area (Å²) in [6, 6.07) is 21.2. The zero-order valence-electron chi connectivity index (χ0n) is 17.2. The van der Waals surface area contributed by atoms with E-state index >= 15 is 0 Å². The number of carbonyl (C=O) groups excluding carboxylic acids is 1. The van der Waals surface area contributed by atoms with Gasteiger partial charge in [-0.1, -0.05) is 41.6 Å². The lowest BCUT2D eigenvalue weighted by atomic mass is 10.0. The van der Waals surface area contributed by atoms with Gasteiger partial charge in [0.15, 0.2) is 0 Å². The molecule has 3 aromatic carbocycles. The smallest absolute Gasteiger partial charge is 0.269 e. The van der Waals surface area contributed by atoms with E-state index in [0.717, 1.165) is 16.6 Å². The average molecular weight is 415 g/mol. The predicted molar refractivity (Wildman–Crippen MR) is 117 cm³/mol. The van der Waals surface area contributed by atoms with Crippen molar-refractivity contribution in [1.82, 2.24) is 19.9 Å². The van der Waals surface area contributed by atoms with E-state index in [1.54, 1.807) is 36.2 Å². The number of amides is 1. The van der Waals surface area contributed by atoms with E-state index in [9.17, 15) is 14.9 Å². The number of para-hydroxylation sites is 1. The highest BCUT2D eigenvalue weighted by Gasteiger charge is 2.20. The molecule has 31 heavy (non-hydrogen) atoms. The lowest BCUT2D eigenvalue weighted by molar-refractivity contribution is -0.384. The van der Waals surface area contributed by atoms with Crippen molar-refractivity contribution in [2.24, 2.45) is 0 Å². The molecule has 156 valence electrons. The normalized spacial score (nSPS) is 11.9. The fraction of sp³-hybridized carbons (Fsp3) is 0.174. The van der Waals surface area contributed by atoms with E-state index in [4.69, 9.17) is 0 Å². The van der Waals surface area contributed by atoms with Crippen LogP contribution in [0.15, 0.2) is 72.8 Å². The first-order valence-electron chi connectivity index (χ1n) is 9.83. The van der Waals surface area contributed by atoms with Crippen molar-refractivity contribution in [1.29, 1.82) is 0 Å². The maximum atomic E-state index is 12.9. The van der Waals surface area contributed by atoms with Crippen LogP contribution in [0.2, 0.25) is 0 Å². The standard InChI is InChI=1S/C23H21N5O3/c1-16(19-6-5-7-20(14-19)28(30)31)26(2)23(29)18-12-10-17(11-13-18)15-27-22-9-4-3-8-21(22)24-25-27/h3-14,16H,15H2,1-2H3/t16-/m1/s1. The molecule has 8 heteroatoms. The Morgan fingerprint density at radius 3 is 2.58 bits per heavy atom. The van der Waals surface area contributed by atoms with Crippen LogP contribution in [0.4, 0.5) is 5.69 Å². The number of benzene rings is 3. The molecule has 0 spiro atoms. The topological polar surface area (TPSA) is 94.2 Å². The van der Waals surface area contributed by atoms with Gasteiger partial charge in [0.25, 0.3) is 11.6 Å². The zero-order chi connectivity index (χ0) is 22.0. The summed E-state index contributed by atoms with van der Waals surface area (Å²) in [7, 11) is 1.70. The fourth-order valence-corrected chi connectivity index (χ4v) is 3.46. The molecule has 0 aliphatic heterocycles. The molecule has 8 nitrogen and oxygen atoms in total. The largest absolute Gasteiger partial charge is 0.335 e. The molecule has 4 rings (SSSR count). The second-order valence-electron chi connectivity index (χ2n) is 7.38. The molecule has 0 saturated heterocycles. The number of hydrogen-bond acceptors (Lipinski definition) is 5. The molecule has 1 atom stereocenters. The van der Waals surface area contributed by atoms with Gasteiger partial charge in [0.05, 0.1) is 23.0 Å². The molecular weight excluding hydrogens is 394 g/mol. The summed E-state index contributed by atoms with van der Waals surface area (Å²) < 4.78 is 1.82. The molecular formula is C23H21N5O3. The van der Waals surface area contributed by atoms with Crippen molar-refractivity contribution < 1.29 is 9.72 Å². The maximum absolute atomic E-state index is 12.9. The molecule has 1 aromatic heterocycles. The minimum absolute atomic E-state index is 0.00943. The van der Waals surface area contributed by atoms with Gasteiger partial charge in [-0.25, -0.2) is 4.68 Å². The first kappa shape index (κ1) is 20.2. The van der Waals surface area contributed by atoms with E-state index in [2.05, 4.69) is 10.3 Å². The summed E-state index contributed by atoms with van der Waals surface area (Å²) in [4.78, 5) is 25.1. The molecule has 1 amide bonds. The molecule has 0 saturated carbocycles. The van der Waals surface area contributed by atoms with Crippen molar-refractivity contribution in [3.05, 3.63) is 99.6 Å². The van der Waals surface area contributed by atoms with Crippen molar-refractivity contribution in [2.45, 2.75) is 19.5 Å². The number of hydrogen-bond donors (Lipinski definition) is 0. The summed E-state index contributed by atoms with van der Waals surface area (Å²) >= 11 is 0. The Labute approximate surface area is 178 Å². The van der Waals surface area contributed by atoms with Crippen LogP contribution in [-0.4, -0.2) is 37.8 Å². The summed E-state index contributed by atoms with van der Waals surface area (Å²) in [5.41, 5.74) is 4.06. The highest BCUT2D eigenvalue weighted by atomic mass is 16.6. The summed E-state index contributed by atoms with van der Waals surface area (Å²) in [5.74, 6) is -0.156. The van der Waals surface area contributed by atoms with Gasteiger partial charge in [0.2, 0.25) is 0 Å². The molecule has 1 heterocycles. The molecule has 0 aliphatic carbocycles. The van der Waals surface area contributed by atoms with Crippen molar-refractivity contribution in [3.63, 3.8) is 0 Å². The Morgan fingerprint density at radius 1 is 1.10 bits per heavy atom. The summed E-state index contributed by atoms with van der Waals surface area (Å²) in [6.07, 6.45) is 0. The lowest BCUT2D eigenvalue weighted by Gasteiger charge is -2.25. The first-order chi connectivity index (χ1) is 14.9. The molecule has 0 unspecified atom stereocenters. The van der Waals surface area contributed by atoms with E-state index in [1.165, 1.54) is 12.1 Å². The quantitative estimate of drug-likeness (QED) is 0.347. The molecule has 0 N–H and O–H groups in total. The number of nitro groups is 1. The molecule has 0 bridgehead atoms. The van der Waals surface area contributed by atoms with Crippen LogP contribution in [0.3, 0.4) is 0 Å². The number of nitro benzene ring substituents is 1. The zero-order valence-corrected chi connectivity index (χ0v) is 17.2. The Hall–Kier alpha value is -4.07. The number of carbonyl (C=O) groups is 1. The minimum Gasteiger partial charge on any atom is -0.335 e. The lowest BCUT2D eigenvalue weighted by Crippen LogP contribution is -2.29. The van der Waals surface area contributed by atoms with E-state index < -0.39 is 4.92 Å². The monoisotopic (exact) mass is 415 g/mol. The van der Waals surface area contributed by atoms with Crippen molar-refractivity contribution in [2.75, 3.05) is 7.05 Å². The second-order valence-corrected chi connectivity index (χ2v) is 7.38. The number of nitrogens with zero attached hydrogens (tertiary/aromatic N) is 5. The average Bonchev–Trinajstić information content (AvgIpc) is 3.21. The van der Waals surface area contributed by atoms with Gasteiger partial charge in [-0.15, -0.1) is 5.10 Å². The van der Waals surface area contributed by atoms with E-state index in [0.29, 0.717) is 17.7 Å². The number of aromatic nitrogens is 3. The van der Waals surface area contributed by atoms with Crippen molar-refractivity contribution in [3.8, 4) is 0 Å². The third-order valence-electron chi connectivity index (χ3n) is 5.42. The highest BCUT2D eigenvalue weighted by Crippen LogP contribution is 2.24. The second kappa shape index (κ2) is 8.35. The minimum atomic E-state index is -0.435. The Morgan fingerprint density at radius 2 is 1.84 bits per heavy atom. The van der Waals surface area contributed by atoms with Gasteiger partial charge in [-0.2, -0.15) is 0 Å². The van der Waals surface area contributed by atoms with Gasteiger partial charge in [-0.05, 0) is 42.3 Å². The van der Waals surface area contributed by atoms with Gasteiger partial charge in [0, 0.05) is 24.7 Å². The third kappa shape index (κ3) is 4.13. The summed E-state index contributed by atoms with van der Waals surface area (Å²) in [6.45, 7) is 2.40. The molecule has 0 fully saturated rings. The van der Waals surface area contributed by atoms with Crippen LogP contribution in [0.25, 0.3) is 11.0 Å². The van der Waals surface area contributed by atoms with Crippen LogP contribution in [0, 0.1) is 10.1 Å². The van der Waals surface area contributed by atoms with Crippen LogP contribution in [-0.2, 0) is 6.54 Å². The van der Waals surface area contributed by atoms with Crippen molar-refractivity contribution >= 4 is 22.6 Å². The maximum Gasteiger partial charge on any atom is 0.269 e. The first-order valence-corrected chi connectivity index (χ1v) is 9.83. The Kier molecular flexibility index (Phi) is 5.44. The summed E-state index contributed by atoms with van der Waals surface area (Å²) in [5, 5.41) is 19.4. The Balaban J connectivity index is 1.48. The molecule has 0 aliphatic rings. The number of non-ortho nitro benzene ring substituents is 1. The number of fused-ring (bicyclic) bond motifs is 1. The van der Waals surface area contributed by atoms with Crippen LogP contribution in [0.1, 0.15) is 34.5 Å². The van der Waals surface area contributed by atoms with Crippen LogP contribution >= 0.6 is 0 Å². The molecule has 4 aromatic rings. The third-order valence-corrected chi connectivity index (χ3v) is 5.42. The highest BCUT2D eigenvalue weighted by molar-refractivity contribution is 5.94. The predicted octanol–water partition coefficient (Wildman–Crippen LogP) is 4.22. The molecule has 0 radical (unpaired) electrons. The fourth-order valence-electron chi connectivity index (χ4n) is 3.46. The number of rotatable bonds is 6. The van der Waals surface area contributed by atoms with Crippen LogP contribution < -0.4 is 0 Å². The van der Waals surface area contributed by atoms with Crippen LogP contribution in [0.5, 0.6) is 0 Å². The van der Waals surface area contributed by atoms with E-state index in [1.807, 2.05) is 48.0 Å². The van der Waals surface area contributed by atoms with Gasteiger partial charge in [0.1, 0.15) is 5.52 Å².